The Bertz CT molecular complexity index is 907. The SMILES string of the molecule is NC(=NC(=O)C(NC(=O)c1cccs1)c1ccccc1)c1ccccc1. The maximum absolute atomic E-state index is 12.8. The van der Waals surface area contributed by atoms with Crippen molar-refractivity contribution in [3.05, 3.63) is 94.2 Å². The smallest absolute Gasteiger partial charge is 0.274 e. The largest absolute Gasteiger partial charge is 0.383 e. The maximum atomic E-state index is 12.8. The van der Waals surface area contributed by atoms with E-state index in [4.69, 9.17) is 5.73 Å². The number of amides is 2. The summed E-state index contributed by atoms with van der Waals surface area (Å²) in [6, 6.07) is 20.6. The van der Waals surface area contributed by atoms with Crippen molar-refractivity contribution < 1.29 is 9.59 Å². The molecule has 5 nitrogen and oxygen atoms in total. The molecule has 26 heavy (non-hydrogen) atoms. The summed E-state index contributed by atoms with van der Waals surface area (Å²) in [7, 11) is 0. The van der Waals surface area contributed by atoms with E-state index < -0.39 is 11.9 Å². The first kappa shape index (κ1) is 17.6. The number of hydrogen-bond acceptors (Lipinski definition) is 3. The number of nitrogens with two attached hydrogens (primary N) is 1. The minimum Gasteiger partial charge on any atom is -0.383 e. The molecule has 0 aliphatic heterocycles. The third-order valence-electron chi connectivity index (χ3n) is 3.70. The molecular formula is C20H17N3O2S. The normalized spacial score (nSPS) is 12.4. The lowest BCUT2D eigenvalue weighted by Crippen LogP contribution is -2.33. The van der Waals surface area contributed by atoms with Gasteiger partial charge in [0.1, 0.15) is 11.9 Å². The second-order valence-corrected chi connectivity index (χ2v) is 6.44. The van der Waals surface area contributed by atoms with Gasteiger partial charge in [0.15, 0.2) is 0 Å². The molecule has 0 aliphatic carbocycles. The minimum absolute atomic E-state index is 0.113. The van der Waals surface area contributed by atoms with Gasteiger partial charge in [-0.25, -0.2) is 0 Å². The van der Waals surface area contributed by atoms with Gasteiger partial charge in [0.25, 0.3) is 11.8 Å². The second kappa shape index (κ2) is 8.22. The molecule has 3 aromatic rings. The van der Waals surface area contributed by atoms with Crippen LogP contribution in [0.3, 0.4) is 0 Å². The number of nitrogens with zero attached hydrogens (tertiary/aromatic N) is 1. The number of rotatable bonds is 5. The molecule has 1 aromatic heterocycles. The predicted molar refractivity (Wildman–Crippen MR) is 103 cm³/mol. The quantitative estimate of drug-likeness (QED) is 0.539. The molecule has 1 unspecified atom stereocenters. The van der Waals surface area contributed by atoms with E-state index >= 15 is 0 Å². The average Bonchev–Trinajstić information content (AvgIpc) is 3.22. The van der Waals surface area contributed by atoms with Crippen LogP contribution in [0.1, 0.15) is 26.8 Å². The summed E-state index contributed by atoms with van der Waals surface area (Å²) in [5, 5.41) is 4.56. The topological polar surface area (TPSA) is 84.5 Å². The Hall–Kier alpha value is -3.25. The van der Waals surface area contributed by atoms with Gasteiger partial charge in [-0.3, -0.25) is 9.59 Å². The van der Waals surface area contributed by atoms with Crippen LogP contribution in [0.15, 0.2) is 83.2 Å². The summed E-state index contributed by atoms with van der Waals surface area (Å²) < 4.78 is 0. The minimum atomic E-state index is -0.909. The number of amidine groups is 1. The van der Waals surface area contributed by atoms with E-state index in [1.165, 1.54) is 11.3 Å². The van der Waals surface area contributed by atoms with E-state index in [9.17, 15) is 9.59 Å². The molecule has 3 N–H and O–H groups in total. The number of thiophene rings is 1. The third kappa shape index (κ3) is 4.23. The molecule has 0 fully saturated rings. The van der Waals surface area contributed by atoms with E-state index in [1.807, 2.05) is 24.3 Å². The van der Waals surface area contributed by atoms with Crippen molar-refractivity contribution in [3.63, 3.8) is 0 Å². The Morgan fingerprint density at radius 3 is 2.19 bits per heavy atom. The molecule has 1 heterocycles. The summed E-state index contributed by atoms with van der Waals surface area (Å²) in [5.74, 6) is -0.736. The van der Waals surface area contributed by atoms with Crippen LogP contribution < -0.4 is 11.1 Å². The third-order valence-corrected chi connectivity index (χ3v) is 4.57. The van der Waals surface area contributed by atoms with Crippen LogP contribution in [0.5, 0.6) is 0 Å². The molecule has 3 rings (SSSR count). The number of nitrogens with one attached hydrogen (secondary N) is 1. The fourth-order valence-electron chi connectivity index (χ4n) is 2.40. The maximum Gasteiger partial charge on any atom is 0.274 e. The lowest BCUT2D eigenvalue weighted by atomic mass is 10.1. The summed E-state index contributed by atoms with van der Waals surface area (Å²) >= 11 is 1.31. The fourth-order valence-corrected chi connectivity index (χ4v) is 3.03. The molecule has 0 aliphatic rings. The van der Waals surface area contributed by atoms with Gasteiger partial charge < -0.3 is 11.1 Å². The zero-order chi connectivity index (χ0) is 18.4. The van der Waals surface area contributed by atoms with E-state index in [2.05, 4.69) is 10.3 Å². The summed E-state index contributed by atoms with van der Waals surface area (Å²) in [5.41, 5.74) is 7.25. The van der Waals surface area contributed by atoms with Crippen molar-refractivity contribution in [2.75, 3.05) is 0 Å². The second-order valence-electron chi connectivity index (χ2n) is 5.50. The Balaban J connectivity index is 1.88. The fraction of sp³-hybridized carbons (Fsp3) is 0.0500. The van der Waals surface area contributed by atoms with Crippen LogP contribution in [0, 0.1) is 0 Å². The van der Waals surface area contributed by atoms with Crippen molar-refractivity contribution in [2.45, 2.75) is 6.04 Å². The van der Waals surface area contributed by atoms with Gasteiger partial charge >= 0.3 is 0 Å². The van der Waals surface area contributed by atoms with Crippen molar-refractivity contribution >= 4 is 29.0 Å². The van der Waals surface area contributed by atoms with E-state index in [0.717, 1.165) is 0 Å². The van der Waals surface area contributed by atoms with Crippen molar-refractivity contribution in [2.24, 2.45) is 10.7 Å². The Morgan fingerprint density at radius 2 is 1.58 bits per heavy atom. The van der Waals surface area contributed by atoms with Crippen molar-refractivity contribution in [1.82, 2.24) is 5.32 Å². The highest BCUT2D eigenvalue weighted by Gasteiger charge is 2.23. The molecule has 130 valence electrons. The molecule has 0 saturated heterocycles. The first-order valence-corrected chi connectivity index (χ1v) is 8.86. The summed E-state index contributed by atoms with van der Waals surface area (Å²) in [6.07, 6.45) is 0. The summed E-state index contributed by atoms with van der Waals surface area (Å²) in [4.78, 5) is 29.7. The van der Waals surface area contributed by atoms with Crippen LogP contribution in [-0.4, -0.2) is 17.6 Å². The van der Waals surface area contributed by atoms with Gasteiger partial charge in [0.05, 0.1) is 4.88 Å². The Kier molecular flexibility index (Phi) is 5.56. The molecule has 0 radical (unpaired) electrons. The highest BCUT2D eigenvalue weighted by Crippen LogP contribution is 2.17. The lowest BCUT2D eigenvalue weighted by Gasteiger charge is -2.16. The number of benzene rings is 2. The number of hydrogen-bond donors (Lipinski definition) is 2. The van der Waals surface area contributed by atoms with Crippen LogP contribution in [0.25, 0.3) is 0 Å². The lowest BCUT2D eigenvalue weighted by molar-refractivity contribution is -0.119. The van der Waals surface area contributed by atoms with Crippen molar-refractivity contribution in [1.29, 1.82) is 0 Å². The van der Waals surface area contributed by atoms with E-state index in [-0.39, 0.29) is 11.7 Å². The highest BCUT2D eigenvalue weighted by atomic mass is 32.1. The summed E-state index contributed by atoms with van der Waals surface area (Å²) in [6.45, 7) is 0. The highest BCUT2D eigenvalue weighted by molar-refractivity contribution is 7.12. The molecule has 0 spiro atoms. The molecule has 1 atom stereocenters. The monoisotopic (exact) mass is 363 g/mol. The Labute approximate surface area is 155 Å². The number of aliphatic imine (C=N–C) groups is 1. The molecular weight excluding hydrogens is 346 g/mol. The zero-order valence-electron chi connectivity index (χ0n) is 13.8. The van der Waals surface area contributed by atoms with Gasteiger partial charge in [-0.2, -0.15) is 4.99 Å². The van der Waals surface area contributed by atoms with Crippen molar-refractivity contribution in [3.8, 4) is 0 Å². The molecule has 2 amide bonds. The average molecular weight is 363 g/mol. The van der Waals surface area contributed by atoms with Crippen LogP contribution >= 0.6 is 11.3 Å². The van der Waals surface area contributed by atoms with Gasteiger partial charge in [-0.1, -0.05) is 66.7 Å². The first-order chi connectivity index (χ1) is 12.6. The predicted octanol–water partition coefficient (Wildman–Crippen LogP) is 3.15. The molecule has 0 saturated carbocycles. The standard InChI is InChI=1S/C20H17N3O2S/c21-18(15-10-5-2-6-11-15)23-20(25)17(14-8-3-1-4-9-14)22-19(24)16-12-7-13-26-16/h1-13,17H,(H,22,24)(H2,21,23,25). The number of carbonyl (C=O) groups is 2. The molecule has 2 aromatic carbocycles. The van der Waals surface area contributed by atoms with Gasteiger partial charge in [0, 0.05) is 5.56 Å². The van der Waals surface area contributed by atoms with Crippen LogP contribution in [-0.2, 0) is 4.79 Å². The van der Waals surface area contributed by atoms with E-state index in [1.54, 1.807) is 53.9 Å². The zero-order valence-corrected chi connectivity index (χ0v) is 14.6. The van der Waals surface area contributed by atoms with Gasteiger partial charge in [-0.05, 0) is 17.0 Å². The van der Waals surface area contributed by atoms with Crippen LogP contribution in [0.4, 0.5) is 0 Å². The van der Waals surface area contributed by atoms with Gasteiger partial charge in [0.2, 0.25) is 0 Å². The molecule has 0 bridgehead atoms. The van der Waals surface area contributed by atoms with E-state index in [0.29, 0.717) is 16.0 Å². The van der Waals surface area contributed by atoms with Crippen LogP contribution in [0.2, 0.25) is 0 Å². The number of carbonyl (C=O) groups excluding carboxylic acids is 2. The van der Waals surface area contributed by atoms with Gasteiger partial charge in [-0.15, -0.1) is 11.3 Å². The molecule has 6 heteroatoms. The Morgan fingerprint density at radius 1 is 0.923 bits per heavy atom. The first-order valence-electron chi connectivity index (χ1n) is 7.98.